The highest BCUT2D eigenvalue weighted by Crippen LogP contribution is 2.39. The Labute approximate surface area is 205 Å². The van der Waals surface area contributed by atoms with Crippen LogP contribution in [0.3, 0.4) is 0 Å². The molecule has 0 aromatic carbocycles. The van der Waals surface area contributed by atoms with Crippen LogP contribution in [0.1, 0.15) is 82.6 Å². The van der Waals surface area contributed by atoms with Gasteiger partial charge in [-0.3, -0.25) is 19.5 Å². The van der Waals surface area contributed by atoms with Crippen molar-refractivity contribution in [2.75, 3.05) is 11.4 Å². The first kappa shape index (κ1) is 25.2. The molecule has 3 aliphatic rings. The van der Waals surface area contributed by atoms with E-state index in [4.69, 9.17) is 6.42 Å². The van der Waals surface area contributed by atoms with Crippen LogP contribution in [0.5, 0.6) is 0 Å². The molecule has 9 heteroatoms. The van der Waals surface area contributed by atoms with Crippen LogP contribution in [0.25, 0.3) is 0 Å². The van der Waals surface area contributed by atoms with Gasteiger partial charge in [-0.15, -0.1) is 12.3 Å². The maximum atomic E-state index is 13.7. The molecule has 0 saturated heterocycles. The van der Waals surface area contributed by atoms with Gasteiger partial charge in [0.15, 0.2) is 5.66 Å². The summed E-state index contributed by atoms with van der Waals surface area (Å²) in [6, 6.07) is 0.486. The van der Waals surface area contributed by atoms with Crippen molar-refractivity contribution in [3.8, 4) is 12.3 Å². The van der Waals surface area contributed by atoms with Crippen molar-refractivity contribution in [3.05, 3.63) is 24.0 Å². The smallest absolute Gasteiger partial charge is 0.265 e. The van der Waals surface area contributed by atoms with Crippen LogP contribution < -0.4 is 10.2 Å². The Morgan fingerprint density at radius 3 is 2.51 bits per heavy atom. The van der Waals surface area contributed by atoms with Crippen LogP contribution in [0, 0.1) is 24.2 Å². The van der Waals surface area contributed by atoms with E-state index in [1.54, 1.807) is 0 Å². The second-order valence-electron chi connectivity index (χ2n) is 10.0. The monoisotopic (exact) mass is 485 g/mol. The predicted molar refractivity (Wildman–Crippen MR) is 128 cm³/mol. The van der Waals surface area contributed by atoms with E-state index < -0.39 is 18.1 Å². The highest BCUT2D eigenvalue weighted by atomic mass is 19.3. The highest BCUT2D eigenvalue weighted by molar-refractivity contribution is 6.00. The van der Waals surface area contributed by atoms with Gasteiger partial charge in [0.05, 0.1) is 11.9 Å². The fraction of sp³-hybridized carbons (Fsp3) is 0.654. The summed E-state index contributed by atoms with van der Waals surface area (Å²) in [6.45, 7) is 0.574. The number of hydrogen-bond acceptors (Lipinski definition) is 5. The molecule has 2 amide bonds. The van der Waals surface area contributed by atoms with E-state index in [2.05, 4.69) is 26.4 Å². The van der Waals surface area contributed by atoms with Crippen molar-refractivity contribution in [2.45, 2.75) is 88.8 Å². The van der Waals surface area contributed by atoms with E-state index in [-0.39, 0.29) is 29.5 Å². The van der Waals surface area contributed by atoms with Crippen LogP contribution in [-0.4, -0.2) is 35.0 Å². The van der Waals surface area contributed by atoms with Crippen LogP contribution >= 0.6 is 0 Å². The number of nitrogens with zero attached hydrogens (tertiary/aromatic N) is 4. The lowest BCUT2D eigenvalue weighted by Crippen LogP contribution is -2.51. The van der Waals surface area contributed by atoms with Gasteiger partial charge in [0.2, 0.25) is 11.8 Å². The minimum atomic E-state index is -2.73. The van der Waals surface area contributed by atoms with Crippen LogP contribution in [0.4, 0.5) is 14.5 Å². The number of carbonyl (C=O) groups excluding carboxylic acids is 2. The molecule has 0 radical (unpaired) electrons. The zero-order chi connectivity index (χ0) is 24.8. The number of anilines is 1. The molecule has 2 saturated carbocycles. The second kappa shape index (κ2) is 11.2. The molecule has 2 heterocycles. The molecule has 1 atom stereocenters. The third-order valence-corrected chi connectivity index (χ3v) is 7.24. The number of rotatable bonds is 13. The summed E-state index contributed by atoms with van der Waals surface area (Å²) >= 11 is 0. The van der Waals surface area contributed by atoms with Crippen molar-refractivity contribution < 1.29 is 18.4 Å². The van der Waals surface area contributed by atoms with Gasteiger partial charge < -0.3 is 5.32 Å². The van der Waals surface area contributed by atoms with Gasteiger partial charge in [0, 0.05) is 44.0 Å². The number of terminal acetylenes is 1. The van der Waals surface area contributed by atoms with Crippen molar-refractivity contribution in [1.82, 2.24) is 10.3 Å². The number of carbonyl (C=O) groups is 2. The van der Waals surface area contributed by atoms with Gasteiger partial charge >= 0.3 is 0 Å². The summed E-state index contributed by atoms with van der Waals surface area (Å²) in [5.41, 5.74) is -0.706. The van der Waals surface area contributed by atoms with E-state index in [0.29, 0.717) is 44.1 Å². The highest BCUT2D eigenvalue weighted by Gasteiger charge is 2.41. The van der Waals surface area contributed by atoms with Gasteiger partial charge in [-0.25, -0.2) is 8.78 Å². The van der Waals surface area contributed by atoms with E-state index in [1.807, 2.05) is 0 Å². The average molecular weight is 486 g/mol. The fourth-order valence-electron chi connectivity index (χ4n) is 4.87. The molecule has 1 aliphatic heterocycles. The van der Waals surface area contributed by atoms with E-state index >= 15 is 0 Å². The van der Waals surface area contributed by atoms with Crippen LogP contribution in [0.15, 0.2) is 28.7 Å². The van der Waals surface area contributed by atoms with Crippen LogP contribution in [0.2, 0.25) is 0 Å². The van der Waals surface area contributed by atoms with Crippen molar-refractivity contribution >= 4 is 17.5 Å². The predicted octanol–water partition coefficient (Wildman–Crippen LogP) is 5.18. The molecule has 1 unspecified atom stereocenters. The molecule has 7 nitrogen and oxygen atoms in total. The van der Waals surface area contributed by atoms with Gasteiger partial charge in [0.1, 0.15) is 6.04 Å². The van der Waals surface area contributed by atoms with Crippen LogP contribution in [-0.2, 0) is 9.59 Å². The molecule has 1 N–H and O–H groups in total. The quantitative estimate of drug-likeness (QED) is 0.391. The van der Waals surface area contributed by atoms with Crippen molar-refractivity contribution in [3.63, 3.8) is 0 Å². The van der Waals surface area contributed by atoms with Crippen molar-refractivity contribution in [1.29, 1.82) is 0 Å². The third-order valence-electron chi connectivity index (χ3n) is 7.24. The first-order valence-corrected chi connectivity index (χ1v) is 12.6. The molecule has 1 aromatic heterocycles. The summed E-state index contributed by atoms with van der Waals surface area (Å²) in [5, 5.41) is 11.2. The number of hydrogen-bond donors (Lipinski definition) is 1. The lowest BCUT2D eigenvalue weighted by atomic mass is 9.95. The molecule has 4 rings (SSSR count). The summed E-state index contributed by atoms with van der Waals surface area (Å²) < 4.78 is 27.0. The lowest BCUT2D eigenvalue weighted by Gasteiger charge is -2.33. The molecule has 188 valence electrons. The molecule has 2 aliphatic carbocycles. The molecular weight excluding hydrogens is 452 g/mol. The first-order chi connectivity index (χ1) is 16.9. The molecule has 1 aromatic rings. The number of pyridine rings is 1. The zero-order valence-corrected chi connectivity index (χ0v) is 20.0. The number of halogens is 2. The fourth-order valence-corrected chi connectivity index (χ4v) is 4.87. The van der Waals surface area contributed by atoms with E-state index in [9.17, 15) is 18.4 Å². The Kier molecular flexibility index (Phi) is 8.09. The summed E-state index contributed by atoms with van der Waals surface area (Å²) in [5.74, 6) is 2.81. The Hall–Kier alpha value is -2.89. The molecule has 0 spiro atoms. The Morgan fingerprint density at radius 2 is 1.89 bits per heavy atom. The largest absolute Gasteiger partial charge is 0.354 e. The SMILES string of the molecule is C#CCCC1(CCC(=O)N(c2cncc(C(F)F)c2)C(CC2CCCC2)C(=O)NCC2CC2)N=N1. The molecule has 0 bridgehead atoms. The second-order valence-corrected chi connectivity index (χ2v) is 10.0. The van der Waals surface area contributed by atoms with Crippen molar-refractivity contribution in [2.24, 2.45) is 22.1 Å². The van der Waals surface area contributed by atoms with Gasteiger partial charge in [-0.05, 0) is 37.2 Å². The Bertz CT molecular complexity index is 976. The van der Waals surface area contributed by atoms with Gasteiger partial charge in [0.25, 0.3) is 6.43 Å². The minimum Gasteiger partial charge on any atom is -0.354 e. The lowest BCUT2D eigenvalue weighted by molar-refractivity contribution is -0.127. The van der Waals surface area contributed by atoms with E-state index in [1.165, 1.54) is 17.2 Å². The average Bonchev–Trinajstić information content (AvgIpc) is 3.78. The Balaban J connectivity index is 1.58. The first-order valence-electron chi connectivity index (χ1n) is 12.6. The number of aromatic nitrogens is 1. The topological polar surface area (TPSA) is 87.0 Å². The molecule has 35 heavy (non-hydrogen) atoms. The third kappa shape index (κ3) is 6.83. The number of nitrogens with one attached hydrogen (secondary N) is 1. The van der Waals surface area contributed by atoms with E-state index in [0.717, 1.165) is 44.7 Å². The molecular formula is C26H33F2N5O2. The standard InChI is InChI=1S/C26H33F2N5O2/c1-2-3-11-26(31-32-26)12-10-23(34)33(21-14-20(24(27)28)16-29-17-21)22(13-18-6-4-5-7-18)25(35)30-15-19-8-9-19/h1,14,16-19,22,24H,3-13,15H2,(H,30,35). The number of alkyl halides is 2. The Morgan fingerprint density at radius 1 is 1.14 bits per heavy atom. The normalized spacial score (nSPS) is 19.4. The summed E-state index contributed by atoms with van der Waals surface area (Å²) in [7, 11) is 0. The summed E-state index contributed by atoms with van der Waals surface area (Å²) in [6.07, 6.45) is 13.5. The molecule has 2 fully saturated rings. The number of amides is 2. The zero-order valence-electron chi connectivity index (χ0n) is 20.0. The minimum absolute atomic E-state index is 0.0769. The maximum Gasteiger partial charge on any atom is 0.265 e. The summed E-state index contributed by atoms with van der Waals surface area (Å²) in [4.78, 5) is 32.4. The maximum absolute atomic E-state index is 13.7. The van der Waals surface area contributed by atoms with Gasteiger partial charge in [-0.1, -0.05) is 25.7 Å². The van der Waals surface area contributed by atoms with Gasteiger partial charge in [-0.2, -0.15) is 10.2 Å².